The van der Waals surface area contributed by atoms with Crippen LogP contribution in [0.5, 0.6) is 0 Å². The topological polar surface area (TPSA) is 32.8 Å². The summed E-state index contributed by atoms with van der Waals surface area (Å²) in [6.07, 6.45) is 9.05. The Balaban J connectivity index is 1.03. The van der Waals surface area contributed by atoms with Crippen molar-refractivity contribution in [3.05, 3.63) is 284 Å². The van der Waals surface area contributed by atoms with Crippen LogP contribution in [0.4, 0.5) is 34.1 Å². The van der Waals surface area contributed by atoms with Crippen molar-refractivity contribution in [2.24, 2.45) is 0 Å². The number of hydrogen-bond donors (Lipinski definition) is 0. The number of hydrogen-bond acceptors (Lipinski definition) is 4. The maximum Gasteiger partial charge on any atom is 0.159 e. The molecule has 0 bridgehead atoms. The van der Waals surface area contributed by atoms with Crippen LogP contribution in [0.2, 0.25) is 0 Å². The van der Waals surface area contributed by atoms with Gasteiger partial charge >= 0.3 is 0 Å². The summed E-state index contributed by atoms with van der Waals surface area (Å²) < 4.78 is 14.2. The summed E-state index contributed by atoms with van der Waals surface area (Å²) in [4.78, 5) is 5.04. The highest BCUT2D eigenvalue weighted by Gasteiger charge is 2.31. The molecule has 0 fully saturated rings. The first kappa shape index (κ1) is 51.2. The number of rotatable bonds is 12. The third-order valence-corrected chi connectivity index (χ3v) is 18.0. The van der Waals surface area contributed by atoms with E-state index in [9.17, 15) is 0 Å². The van der Waals surface area contributed by atoms with Gasteiger partial charge in [0.25, 0.3) is 0 Å². The molecule has 4 nitrogen and oxygen atoms in total. The van der Waals surface area contributed by atoms with E-state index in [1.54, 1.807) is 0 Å². The van der Waals surface area contributed by atoms with E-state index < -0.39 is 0 Å². The van der Waals surface area contributed by atoms with Crippen molar-refractivity contribution in [2.75, 3.05) is 9.80 Å². The molecule has 1 aliphatic carbocycles. The summed E-state index contributed by atoms with van der Waals surface area (Å²) in [6.45, 7) is 9.39. The zero-order valence-corrected chi connectivity index (χ0v) is 48.7. The van der Waals surface area contributed by atoms with Crippen LogP contribution < -0.4 is 9.80 Å². The fraction of sp³-hybridized carbons (Fsp3) is 0.0976. The zero-order chi connectivity index (χ0) is 57.6. The SMILES string of the molecule is CC(C)c1cc(N(c2ccc(C3=CCCC=C3)cc2-c2ccccc2)c2cccc3c2oc2ccccc23)c2ccc3c(C(C)C)cc(N(c4ccc(-c5ccccc5)cc4-c4ccccc4)c4cccc5c4oc4ccccc45)c4ccc1c2c34. The van der Waals surface area contributed by atoms with Crippen molar-refractivity contribution in [1.82, 2.24) is 0 Å². The van der Waals surface area contributed by atoms with Crippen molar-refractivity contribution in [2.45, 2.75) is 52.4 Å². The second-order valence-electron chi connectivity index (χ2n) is 23.7. The summed E-state index contributed by atoms with van der Waals surface area (Å²) in [6, 6.07) is 91.5. The van der Waals surface area contributed by atoms with Gasteiger partial charge < -0.3 is 18.6 Å². The van der Waals surface area contributed by atoms with Gasteiger partial charge in [-0.25, -0.2) is 0 Å². The molecule has 15 aromatic rings. The number of fused-ring (bicyclic) bond motifs is 6. The first-order chi connectivity index (χ1) is 42.3. The molecule has 0 amide bonds. The molecule has 13 aromatic carbocycles. The Bertz CT molecular complexity index is 5180. The van der Waals surface area contributed by atoms with Gasteiger partial charge in [-0.1, -0.05) is 234 Å². The predicted molar refractivity (Wildman–Crippen MR) is 365 cm³/mol. The van der Waals surface area contributed by atoms with E-state index in [4.69, 9.17) is 8.83 Å². The smallest absolute Gasteiger partial charge is 0.159 e. The molecule has 86 heavy (non-hydrogen) atoms. The number of furan rings is 2. The Morgan fingerprint density at radius 1 is 0.314 bits per heavy atom. The fourth-order valence-corrected chi connectivity index (χ4v) is 13.9. The molecule has 0 saturated carbocycles. The summed E-state index contributed by atoms with van der Waals surface area (Å²) in [5, 5.41) is 11.6. The van der Waals surface area contributed by atoms with Crippen LogP contribution in [-0.2, 0) is 0 Å². The highest BCUT2D eigenvalue weighted by molar-refractivity contribution is 6.30. The van der Waals surface area contributed by atoms with E-state index in [0.29, 0.717) is 0 Å². The molecule has 2 aromatic heterocycles. The number of allylic oxidation sites excluding steroid dienone is 4. The molecular weight excluding hydrogens is 1040 g/mol. The van der Waals surface area contributed by atoms with Crippen molar-refractivity contribution < 1.29 is 8.83 Å². The molecule has 2 heterocycles. The number of benzene rings is 13. The third kappa shape index (κ3) is 8.34. The largest absolute Gasteiger partial charge is 0.454 e. The van der Waals surface area contributed by atoms with E-state index in [1.165, 1.54) is 49.4 Å². The molecule has 0 radical (unpaired) electrons. The molecule has 1 aliphatic rings. The second kappa shape index (κ2) is 20.7. The monoisotopic (exact) mass is 1110 g/mol. The molecule has 0 spiro atoms. The van der Waals surface area contributed by atoms with Crippen LogP contribution in [0.25, 0.3) is 115 Å². The van der Waals surface area contributed by atoms with Gasteiger partial charge in [0.05, 0.1) is 34.1 Å². The van der Waals surface area contributed by atoms with Crippen molar-refractivity contribution >= 4 is 116 Å². The number of anilines is 6. The third-order valence-electron chi connectivity index (χ3n) is 18.0. The van der Waals surface area contributed by atoms with Gasteiger partial charge in [0.15, 0.2) is 11.2 Å². The van der Waals surface area contributed by atoms with E-state index in [-0.39, 0.29) is 11.8 Å². The number of nitrogens with zero attached hydrogens (tertiary/aromatic N) is 2. The molecular formula is C82H62N2O2. The fourth-order valence-electron chi connectivity index (χ4n) is 13.9. The van der Waals surface area contributed by atoms with Crippen LogP contribution >= 0.6 is 0 Å². The van der Waals surface area contributed by atoms with Gasteiger partial charge in [-0.2, -0.15) is 0 Å². The van der Waals surface area contributed by atoms with Crippen molar-refractivity contribution in [1.29, 1.82) is 0 Å². The molecule has 0 unspecified atom stereocenters. The summed E-state index contributed by atoms with van der Waals surface area (Å²) >= 11 is 0. The number of para-hydroxylation sites is 4. The Morgan fingerprint density at radius 3 is 1.22 bits per heavy atom. The van der Waals surface area contributed by atoms with Gasteiger partial charge in [0.1, 0.15) is 11.2 Å². The normalized spacial score (nSPS) is 12.8. The lowest BCUT2D eigenvalue weighted by Crippen LogP contribution is -2.14. The average Bonchev–Trinajstić information content (AvgIpc) is 0.773. The Morgan fingerprint density at radius 2 is 0.744 bits per heavy atom. The van der Waals surface area contributed by atoms with Crippen molar-refractivity contribution in [3.63, 3.8) is 0 Å². The van der Waals surface area contributed by atoms with Crippen LogP contribution in [-0.4, -0.2) is 0 Å². The Hall–Kier alpha value is -10.4. The van der Waals surface area contributed by atoms with Gasteiger partial charge in [-0.3, -0.25) is 0 Å². The molecule has 4 heteroatoms. The maximum atomic E-state index is 7.09. The van der Waals surface area contributed by atoms with Crippen LogP contribution in [0.15, 0.2) is 276 Å². The standard InChI is InChI=1S/C82H62N2O2/c1-51(2)67-49-75(83(73-35-21-33-63-59-31-17-19-37-77(59)85-81(63)73)71-45-39-57(53-23-9-5-10-24-53)47-69(71)55-27-13-7-14-28-55)65-44-42-62-68(52(3)4)50-76(66-43-41-61(67)79(65)80(62)66)84(74-36-22-34-64-60-32-18-20-38-78(60)86-82(64)74)72-46-40-58(54-25-11-6-12-26-54)48-70(72)56-29-15-8-16-30-56/h5,7-11,13-52H,6,12H2,1-4H3. The summed E-state index contributed by atoms with van der Waals surface area (Å²) in [5.74, 6) is 0.342. The van der Waals surface area contributed by atoms with Gasteiger partial charge in [-0.05, 0) is 151 Å². The summed E-state index contributed by atoms with van der Waals surface area (Å²) in [5.41, 5.74) is 21.5. The Labute approximate surface area is 501 Å². The molecule has 0 aliphatic heterocycles. The van der Waals surface area contributed by atoms with Crippen LogP contribution in [0.3, 0.4) is 0 Å². The van der Waals surface area contributed by atoms with Crippen LogP contribution in [0, 0.1) is 0 Å². The minimum Gasteiger partial charge on any atom is -0.454 e. The lowest BCUT2D eigenvalue weighted by Gasteiger charge is -2.33. The lowest BCUT2D eigenvalue weighted by atomic mass is 9.83. The zero-order valence-electron chi connectivity index (χ0n) is 48.7. The van der Waals surface area contributed by atoms with E-state index in [0.717, 1.165) is 129 Å². The molecule has 0 atom stereocenters. The quantitative estimate of drug-likeness (QED) is 0.114. The minimum absolute atomic E-state index is 0.170. The molecule has 16 rings (SSSR count). The second-order valence-corrected chi connectivity index (χ2v) is 23.7. The average molecular weight is 1110 g/mol. The van der Waals surface area contributed by atoms with E-state index >= 15 is 0 Å². The first-order valence-corrected chi connectivity index (χ1v) is 30.3. The maximum absolute atomic E-state index is 7.09. The van der Waals surface area contributed by atoms with Crippen molar-refractivity contribution in [3.8, 4) is 33.4 Å². The van der Waals surface area contributed by atoms with E-state index in [1.807, 2.05) is 0 Å². The lowest BCUT2D eigenvalue weighted by molar-refractivity contribution is 0.669. The predicted octanol–water partition coefficient (Wildman–Crippen LogP) is 24.3. The Kier molecular flexibility index (Phi) is 12.3. The minimum atomic E-state index is 0.170. The summed E-state index contributed by atoms with van der Waals surface area (Å²) in [7, 11) is 0. The first-order valence-electron chi connectivity index (χ1n) is 30.3. The molecule has 0 saturated heterocycles. The highest BCUT2D eigenvalue weighted by Crippen LogP contribution is 2.55. The molecule has 0 N–H and O–H groups in total. The van der Waals surface area contributed by atoms with Gasteiger partial charge in [0.2, 0.25) is 0 Å². The van der Waals surface area contributed by atoms with Gasteiger partial charge in [-0.15, -0.1) is 0 Å². The highest BCUT2D eigenvalue weighted by atomic mass is 16.3. The van der Waals surface area contributed by atoms with Crippen LogP contribution in [0.1, 0.15) is 69.1 Å². The molecule has 412 valence electrons. The van der Waals surface area contributed by atoms with E-state index in [2.05, 4.69) is 304 Å². The van der Waals surface area contributed by atoms with Gasteiger partial charge in [0, 0.05) is 43.4 Å².